The maximum atomic E-state index is 4.92. The van der Waals surface area contributed by atoms with Crippen molar-refractivity contribution in [3.8, 4) is 0 Å². The number of likely N-dealkylation sites (N-methyl/N-ethyl adjacent to an activating group) is 1. The molecule has 3 N–H and O–H groups in total. The highest BCUT2D eigenvalue weighted by Crippen LogP contribution is 2.38. The normalized spacial score (nSPS) is 28.0. The van der Waals surface area contributed by atoms with Crippen LogP contribution in [0.2, 0.25) is 0 Å². The molecular formula is C34H46N8. The minimum atomic E-state index is 0.188. The molecule has 1 saturated carbocycles. The van der Waals surface area contributed by atoms with Gasteiger partial charge in [-0.25, -0.2) is 0 Å². The number of piperazine rings is 1. The lowest BCUT2D eigenvalue weighted by molar-refractivity contribution is 0.167. The van der Waals surface area contributed by atoms with E-state index >= 15 is 0 Å². The molecule has 3 unspecified atom stereocenters. The fraction of sp³-hybridized carbons (Fsp3) is 0.559. The van der Waals surface area contributed by atoms with Crippen molar-refractivity contribution in [3.05, 3.63) is 70.5 Å². The molecule has 4 aliphatic heterocycles. The molecule has 2 aliphatic carbocycles. The Morgan fingerprint density at radius 3 is 2.79 bits per heavy atom. The van der Waals surface area contributed by atoms with Crippen LogP contribution in [0.4, 0.5) is 0 Å². The third-order valence-electron chi connectivity index (χ3n) is 10.2. The maximum Gasteiger partial charge on any atom is 0.111 e. The fourth-order valence-electron chi connectivity index (χ4n) is 7.58. The molecule has 42 heavy (non-hydrogen) atoms. The number of hydrazone groups is 1. The lowest BCUT2D eigenvalue weighted by Gasteiger charge is -2.43. The van der Waals surface area contributed by atoms with Gasteiger partial charge in [-0.05, 0) is 80.5 Å². The van der Waals surface area contributed by atoms with E-state index in [1.54, 1.807) is 0 Å². The van der Waals surface area contributed by atoms with E-state index in [4.69, 9.17) is 10.1 Å². The zero-order valence-electron chi connectivity index (χ0n) is 25.3. The van der Waals surface area contributed by atoms with Crippen LogP contribution in [-0.4, -0.2) is 78.6 Å². The Morgan fingerprint density at radius 1 is 1.10 bits per heavy atom. The standard InChI is InChI=1S/C34H46N8/c1-3-25-15-28-31(21-37-22-32(28)42-12-10-41(2)11-13-42)38-33(25)34-29-16-26(8-9-30(29)39-40-34)27-14-24(19-36-20-27)18-35-17-23-6-4-5-7-23/h8,14,16,19-23,28,30-31,35,38-39H,3-7,9-13,15,17-18H2,1-2H3. The molecule has 3 atom stereocenters. The van der Waals surface area contributed by atoms with E-state index in [-0.39, 0.29) is 12.1 Å². The van der Waals surface area contributed by atoms with Crippen molar-refractivity contribution >= 4 is 17.5 Å². The van der Waals surface area contributed by atoms with Crippen molar-refractivity contribution in [3.63, 3.8) is 0 Å². The predicted octanol–water partition coefficient (Wildman–Crippen LogP) is 4.22. The van der Waals surface area contributed by atoms with Crippen LogP contribution in [0, 0.1) is 11.8 Å². The molecule has 0 bridgehead atoms. The zero-order valence-corrected chi connectivity index (χ0v) is 25.3. The number of allylic oxidation sites excluding steroid dienone is 4. The molecule has 0 spiro atoms. The Bertz CT molecular complexity index is 1350. The maximum absolute atomic E-state index is 4.92. The minimum absolute atomic E-state index is 0.188. The molecule has 1 aromatic rings. The predicted molar refractivity (Wildman–Crippen MR) is 171 cm³/mol. The summed E-state index contributed by atoms with van der Waals surface area (Å²) < 4.78 is 0. The Labute approximate surface area is 250 Å². The first kappa shape index (κ1) is 27.6. The summed E-state index contributed by atoms with van der Waals surface area (Å²) in [6.45, 7) is 8.65. The Morgan fingerprint density at radius 2 is 1.95 bits per heavy atom. The molecular weight excluding hydrogens is 520 g/mol. The van der Waals surface area contributed by atoms with E-state index in [1.807, 2.05) is 12.4 Å². The average molecular weight is 567 g/mol. The molecule has 8 heteroatoms. The van der Waals surface area contributed by atoms with Crippen LogP contribution in [-0.2, 0) is 6.54 Å². The van der Waals surface area contributed by atoms with Crippen molar-refractivity contribution < 1.29 is 0 Å². The lowest BCUT2D eigenvalue weighted by Crippen LogP contribution is -2.51. The van der Waals surface area contributed by atoms with Crippen molar-refractivity contribution in [1.29, 1.82) is 0 Å². The quantitative estimate of drug-likeness (QED) is 0.437. The number of fused-ring (bicyclic) bond motifs is 2. The molecule has 7 rings (SSSR count). The third kappa shape index (κ3) is 5.59. The van der Waals surface area contributed by atoms with Crippen LogP contribution in [0.1, 0.15) is 63.0 Å². The number of hydrogen-bond donors (Lipinski definition) is 3. The second-order valence-electron chi connectivity index (χ2n) is 13.0. The van der Waals surface area contributed by atoms with Gasteiger partial charge in [-0.2, -0.15) is 5.10 Å². The van der Waals surface area contributed by atoms with E-state index < -0.39 is 0 Å². The summed E-state index contributed by atoms with van der Waals surface area (Å²) in [6, 6.07) is 2.72. The zero-order chi connectivity index (χ0) is 28.5. The van der Waals surface area contributed by atoms with Crippen LogP contribution >= 0.6 is 0 Å². The van der Waals surface area contributed by atoms with E-state index in [1.165, 1.54) is 64.9 Å². The summed E-state index contributed by atoms with van der Waals surface area (Å²) in [6.07, 6.45) is 21.4. The molecule has 1 saturated heterocycles. The molecule has 5 heterocycles. The number of nitrogens with zero attached hydrogens (tertiary/aromatic N) is 5. The number of aromatic nitrogens is 1. The van der Waals surface area contributed by atoms with Crippen LogP contribution < -0.4 is 16.1 Å². The smallest absolute Gasteiger partial charge is 0.111 e. The highest BCUT2D eigenvalue weighted by molar-refractivity contribution is 6.16. The Hall–Kier alpha value is -3.23. The third-order valence-corrected chi connectivity index (χ3v) is 10.2. The molecule has 6 aliphatic rings. The first-order chi connectivity index (χ1) is 20.7. The van der Waals surface area contributed by atoms with E-state index in [9.17, 15) is 0 Å². The molecule has 2 fully saturated rings. The van der Waals surface area contributed by atoms with Gasteiger partial charge in [0.2, 0.25) is 0 Å². The summed E-state index contributed by atoms with van der Waals surface area (Å²) in [5.74, 6) is 1.26. The van der Waals surface area contributed by atoms with Crippen LogP contribution in [0.3, 0.4) is 0 Å². The monoisotopic (exact) mass is 566 g/mol. The first-order valence-electron chi connectivity index (χ1n) is 16.2. The van der Waals surface area contributed by atoms with E-state index in [2.05, 4.69) is 75.4 Å². The molecule has 0 aromatic carbocycles. The number of hydrogen-bond acceptors (Lipinski definition) is 8. The number of nitrogens with one attached hydrogen (secondary N) is 3. The van der Waals surface area contributed by atoms with Gasteiger partial charge in [0, 0.05) is 80.3 Å². The SMILES string of the molecule is CCC1=C(C2=NNC3CC=C(c4cncc(CNCC5CCCC5)c4)C=C23)NC2C=NC=C(N3CCN(C)CC3)C2C1. The summed E-state index contributed by atoms with van der Waals surface area (Å²) in [4.78, 5) is 14.3. The second-order valence-corrected chi connectivity index (χ2v) is 13.0. The van der Waals surface area contributed by atoms with Gasteiger partial charge in [0.25, 0.3) is 0 Å². The van der Waals surface area contributed by atoms with Crippen LogP contribution in [0.15, 0.2) is 69.4 Å². The van der Waals surface area contributed by atoms with Gasteiger partial charge in [0.1, 0.15) is 5.71 Å². The number of pyridine rings is 1. The molecule has 1 aromatic heterocycles. The Kier molecular flexibility index (Phi) is 8.00. The average Bonchev–Trinajstić information content (AvgIpc) is 3.71. The van der Waals surface area contributed by atoms with Crippen molar-refractivity contribution in [2.24, 2.45) is 21.9 Å². The molecule has 0 amide bonds. The van der Waals surface area contributed by atoms with Crippen LogP contribution in [0.25, 0.3) is 5.57 Å². The number of rotatable bonds is 8. The van der Waals surface area contributed by atoms with Gasteiger partial charge in [-0.15, -0.1) is 0 Å². The van der Waals surface area contributed by atoms with Gasteiger partial charge >= 0.3 is 0 Å². The van der Waals surface area contributed by atoms with E-state index in [0.29, 0.717) is 5.92 Å². The topological polar surface area (TPSA) is 80.2 Å². The molecule has 0 radical (unpaired) electrons. The minimum Gasteiger partial charge on any atom is -0.375 e. The summed E-state index contributed by atoms with van der Waals surface area (Å²) in [5, 5.41) is 12.5. The van der Waals surface area contributed by atoms with Gasteiger partial charge in [-0.3, -0.25) is 9.98 Å². The lowest BCUT2D eigenvalue weighted by atomic mass is 9.80. The van der Waals surface area contributed by atoms with E-state index in [0.717, 1.165) is 70.2 Å². The Balaban J connectivity index is 1.08. The van der Waals surface area contributed by atoms with Gasteiger partial charge in [-0.1, -0.05) is 25.8 Å². The molecule has 222 valence electrons. The van der Waals surface area contributed by atoms with Crippen LogP contribution in [0.5, 0.6) is 0 Å². The fourth-order valence-corrected chi connectivity index (χ4v) is 7.58. The van der Waals surface area contributed by atoms with Gasteiger partial charge < -0.3 is 25.9 Å². The largest absolute Gasteiger partial charge is 0.375 e. The first-order valence-corrected chi connectivity index (χ1v) is 16.2. The summed E-state index contributed by atoms with van der Waals surface area (Å²) in [7, 11) is 2.21. The number of aliphatic imine (C=N–C) groups is 1. The molecule has 8 nitrogen and oxygen atoms in total. The van der Waals surface area contributed by atoms with Crippen molar-refractivity contribution in [1.82, 2.24) is 30.8 Å². The second kappa shape index (κ2) is 12.2. The summed E-state index contributed by atoms with van der Waals surface area (Å²) in [5.41, 5.74) is 13.5. The van der Waals surface area contributed by atoms with Gasteiger partial charge in [0.05, 0.1) is 17.8 Å². The highest BCUT2D eigenvalue weighted by atomic mass is 15.3. The van der Waals surface area contributed by atoms with Crippen molar-refractivity contribution in [2.75, 3.05) is 39.8 Å². The van der Waals surface area contributed by atoms with Gasteiger partial charge in [0.15, 0.2) is 0 Å². The highest BCUT2D eigenvalue weighted by Gasteiger charge is 2.39. The van der Waals surface area contributed by atoms with Crippen molar-refractivity contribution in [2.45, 2.75) is 70.5 Å². The summed E-state index contributed by atoms with van der Waals surface area (Å²) >= 11 is 0.